The lowest BCUT2D eigenvalue weighted by Crippen LogP contribution is -2.48. The molecule has 1 aromatic carbocycles. The number of hydrogen-bond donors (Lipinski definition) is 1. The number of carbonyl (C=O) groups excluding carboxylic acids is 1. The number of aromatic nitrogens is 1. The lowest BCUT2D eigenvalue weighted by Gasteiger charge is -2.36. The highest BCUT2D eigenvalue weighted by molar-refractivity contribution is 6.30. The van der Waals surface area contributed by atoms with E-state index in [1.165, 1.54) is 25.7 Å². The highest BCUT2D eigenvalue weighted by atomic mass is 35.5. The van der Waals surface area contributed by atoms with Gasteiger partial charge in [0.25, 0.3) is 5.91 Å². The maximum atomic E-state index is 12.9. The maximum Gasteiger partial charge on any atom is 0.254 e. The van der Waals surface area contributed by atoms with Crippen LogP contribution in [0.25, 0.3) is 0 Å². The molecule has 2 fully saturated rings. The molecule has 1 saturated carbocycles. The van der Waals surface area contributed by atoms with E-state index in [9.17, 15) is 4.79 Å². The van der Waals surface area contributed by atoms with Crippen LogP contribution in [-0.2, 0) is 0 Å². The predicted molar refractivity (Wildman–Crippen MR) is 110 cm³/mol. The fourth-order valence-corrected chi connectivity index (χ4v) is 4.13. The summed E-state index contributed by atoms with van der Waals surface area (Å²) in [6.45, 7) is 3.03. The van der Waals surface area contributed by atoms with Crippen molar-refractivity contribution in [3.63, 3.8) is 0 Å². The zero-order chi connectivity index (χ0) is 18.6. The van der Waals surface area contributed by atoms with Gasteiger partial charge in [-0.05, 0) is 43.2 Å². The summed E-state index contributed by atoms with van der Waals surface area (Å²) in [6.07, 6.45) is 6.64. The number of nitrogens with one attached hydrogen (secondary N) is 1. The molecule has 1 aliphatic heterocycles. The van der Waals surface area contributed by atoms with Gasteiger partial charge in [0.2, 0.25) is 0 Å². The minimum absolute atomic E-state index is 0.0811. The predicted octanol–water partition coefficient (Wildman–Crippen LogP) is 4.05. The lowest BCUT2D eigenvalue weighted by atomic mass is 10.2. The summed E-state index contributed by atoms with van der Waals surface area (Å²) < 4.78 is 0. The van der Waals surface area contributed by atoms with Crippen molar-refractivity contribution in [2.24, 2.45) is 0 Å². The molecule has 2 aliphatic rings. The number of amides is 1. The van der Waals surface area contributed by atoms with E-state index < -0.39 is 0 Å². The van der Waals surface area contributed by atoms with Gasteiger partial charge < -0.3 is 15.1 Å². The van der Waals surface area contributed by atoms with Gasteiger partial charge in [0.1, 0.15) is 5.82 Å². The maximum absolute atomic E-state index is 12.9. The van der Waals surface area contributed by atoms with E-state index in [1.807, 2.05) is 35.2 Å². The Morgan fingerprint density at radius 1 is 1.07 bits per heavy atom. The third kappa shape index (κ3) is 4.35. The Hall–Kier alpha value is -2.27. The van der Waals surface area contributed by atoms with Crippen LogP contribution < -0.4 is 10.2 Å². The molecule has 1 aliphatic carbocycles. The summed E-state index contributed by atoms with van der Waals surface area (Å²) in [4.78, 5) is 21.5. The second-order valence-corrected chi connectivity index (χ2v) is 7.75. The molecule has 1 saturated heterocycles. The van der Waals surface area contributed by atoms with Gasteiger partial charge in [-0.2, -0.15) is 0 Å². The Bertz CT molecular complexity index is 798. The highest BCUT2D eigenvalue weighted by Crippen LogP contribution is 2.23. The highest BCUT2D eigenvalue weighted by Gasteiger charge is 2.23. The summed E-state index contributed by atoms with van der Waals surface area (Å²) in [6, 6.07) is 12.1. The van der Waals surface area contributed by atoms with Crippen LogP contribution in [0, 0.1) is 0 Å². The van der Waals surface area contributed by atoms with E-state index in [0.717, 1.165) is 29.6 Å². The fourth-order valence-electron chi connectivity index (χ4n) is 3.94. The van der Waals surface area contributed by atoms with Crippen molar-refractivity contribution in [2.45, 2.75) is 31.7 Å². The quantitative estimate of drug-likeness (QED) is 0.863. The Labute approximate surface area is 165 Å². The molecule has 0 radical (unpaired) electrons. The number of benzene rings is 1. The minimum atomic E-state index is 0.0811. The molecule has 0 bridgehead atoms. The third-order valence-electron chi connectivity index (χ3n) is 5.45. The van der Waals surface area contributed by atoms with Crippen LogP contribution in [0.2, 0.25) is 5.02 Å². The van der Waals surface area contributed by atoms with E-state index >= 15 is 0 Å². The van der Waals surface area contributed by atoms with E-state index in [0.29, 0.717) is 24.7 Å². The average molecular weight is 385 g/mol. The van der Waals surface area contributed by atoms with Gasteiger partial charge in [-0.25, -0.2) is 4.98 Å². The number of anilines is 2. The van der Waals surface area contributed by atoms with E-state index in [4.69, 9.17) is 11.6 Å². The second kappa shape index (κ2) is 8.17. The number of nitrogens with zero attached hydrogens (tertiary/aromatic N) is 3. The molecule has 2 heterocycles. The molecule has 2 aromatic rings. The van der Waals surface area contributed by atoms with Crippen molar-refractivity contribution in [3.05, 3.63) is 53.2 Å². The van der Waals surface area contributed by atoms with Crippen LogP contribution in [0.4, 0.5) is 11.5 Å². The summed E-state index contributed by atoms with van der Waals surface area (Å²) in [5.74, 6) is 0.892. The number of carbonyl (C=O) groups is 1. The first-order valence-electron chi connectivity index (χ1n) is 9.71. The van der Waals surface area contributed by atoms with Gasteiger partial charge in [-0.15, -0.1) is 0 Å². The van der Waals surface area contributed by atoms with Gasteiger partial charge in [0, 0.05) is 54.7 Å². The normalized spacial score (nSPS) is 18.0. The molecule has 0 unspecified atom stereocenters. The molecule has 0 spiro atoms. The van der Waals surface area contributed by atoms with Gasteiger partial charge >= 0.3 is 0 Å². The Balaban J connectivity index is 1.37. The Kier molecular flexibility index (Phi) is 5.48. The van der Waals surface area contributed by atoms with Crippen molar-refractivity contribution < 1.29 is 4.79 Å². The molecular formula is C21H25ClN4O. The van der Waals surface area contributed by atoms with Crippen molar-refractivity contribution in [3.8, 4) is 0 Å². The van der Waals surface area contributed by atoms with Crippen molar-refractivity contribution >= 4 is 29.0 Å². The zero-order valence-corrected chi connectivity index (χ0v) is 16.2. The minimum Gasteiger partial charge on any atom is -0.368 e. The molecule has 5 nitrogen and oxygen atoms in total. The number of halogens is 1. The monoisotopic (exact) mass is 384 g/mol. The van der Waals surface area contributed by atoms with Crippen LogP contribution >= 0.6 is 11.6 Å². The second-order valence-electron chi connectivity index (χ2n) is 7.31. The van der Waals surface area contributed by atoms with Gasteiger partial charge in [0.05, 0.1) is 0 Å². The third-order valence-corrected chi connectivity index (χ3v) is 5.69. The number of rotatable bonds is 4. The van der Waals surface area contributed by atoms with Gasteiger partial charge in [-0.1, -0.05) is 30.5 Å². The van der Waals surface area contributed by atoms with Crippen LogP contribution in [0.3, 0.4) is 0 Å². The van der Waals surface area contributed by atoms with Crippen molar-refractivity contribution in [1.82, 2.24) is 9.88 Å². The fraction of sp³-hybridized carbons (Fsp3) is 0.429. The molecule has 6 heteroatoms. The standard InChI is InChI=1S/C21H25ClN4O/c22-17-4-3-7-19(15-17)25-10-12-26(13-11-25)21(27)16-8-9-23-20(14-16)24-18-5-1-2-6-18/h3-4,7-9,14-15,18H,1-2,5-6,10-13H2,(H,23,24). The number of pyridine rings is 1. The molecule has 1 aromatic heterocycles. The summed E-state index contributed by atoms with van der Waals surface area (Å²) in [5, 5.41) is 4.21. The molecule has 4 rings (SSSR count). The first kappa shape index (κ1) is 18.1. The number of piperazine rings is 1. The molecule has 27 heavy (non-hydrogen) atoms. The average Bonchev–Trinajstić information content (AvgIpc) is 3.21. The van der Waals surface area contributed by atoms with Crippen LogP contribution in [0.5, 0.6) is 0 Å². The van der Waals surface area contributed by atoms with Gasteiger partial charge in [0.15, 0.2) is 0 Å². The molecular weight excluding hydrogens is 360 g/mol. The summed E-state index contributed by atoms with van der Waals surface area (Å²) in [7, 11) is 0. The van der Waals surface area contributed by atoms with E-state index in [1.54, 1.807) is 6.20 Å². The van der Waals surface area contributed by atoms with Crippen molar-refractivity contribution in [2.75, 3.05) is 36.4 Å². The summed E-state index contributed by atoms with van der Waals surface area (Å²) in [5.41, 5.74) is 1.82. The summed E-state index contributed by atoms with van der Waals surface area (Å²) >= 11 is 6.10. The molecule has 0 atom stereocenters. The zero-order valence-electron chi connectivity index (χ0n) is 15.4. The topological polar surface area (TPSA) is 48.5 Å². The van der Waals surface area contributed by atoms with E-state index in [2.05, 4.69) is 21.3 Å². The van der Waals surface area contributed by atoms with Gasteiger partial charge in [-0.3, -0.25) is 4.79 Å². The van der Waals surface area contributed by atoms with Crippen LogP contribution in [-0.4, -0.2) is 48.0 Å². The van der Waals surface area contributed by atoms with E-state index in [-0.39, 0.29) is 5.91 Å². The van der Waals surface area contributed by atoms with Crippen molar-refractivity contribution in [1.29, 1.82) is 0 Å². The van der Waals surface area contributed by atoms with Crippen LogP contribution in [0.15, 0.2) is 42.6 Å². The first-order chi connectivity index (χ1) is 13.2. The largest absolute Gasteiger partial charge is 0.368 e. The number of hydrogen-bond acceptors (Lipinski definition) is 4. The Morgan fingerprint density at radius 3 is 2.59 bits per heavy atom. The smallest absolute Gasteiger partial charge is 0.254 e. The SMILES string of the molecule is O=C(c1ccnc(NC2CCCC2)c1)N1CCN(c2cccc(Cl)c2)CC1. The molecule has 1 amide bonds. The van der Waals surface area contributed by atoms with Crippen LogP contribution in [0.1, 0.15) is 36.0 Å². The molecule has 1 N–H and O–H groups in total. The first-order valence-corrected chi connectivity index (χ1v) is 10.1. The lowest BCUT2D eigenvalue weighted by molar-refractivity contribution is 0.0746. The molecule has 142 valence electrons. The Morgan fingerprint density at radius 2 is 1.85 bits per heavy atom.